The first-order valence-corrected chi connectivity index (χ1v) is 8.72. The minimum absolute atomic E-state index is 0.0612. The summed E-state index contributed by atoms with van der Waals surface area (Å²) in [6.45, 7) is 1.93. The molecule has 8 heteroatoms. The van der Waals surface area contributed by atoms with Crippen molar-refractivity contribution < 1.29 is 14.1 Å². The monoisotopic (exact) mass is 357 g/mol. The number of nitrogens with zero attached hydrogens (tertiary/aromatic N) is 4. The van der Waals surface area contributed by atoms with Gasteiger partial charge in [-0.05, 0) is 37.1 Å². The molecule has 2 amide bonds. The average Bonchev–Trinajstić information content (AvgIpc) is 3.28. The molecule has 2 heterocycles. The summed E-state index contributed by atoms with van der Waals surface area (Å²) in [5.41, 5.74) is 1.85. The van der Waals surface area contributed by atoms with Crippen molar-refractivity contribution in [2.45, 2.75) is 19.3 Å². The molecule has 26 heavy (non-hydrogen) atoms. The van der Waals surface area contributed by atoms with Crippen molar-refractivity contribution in [1.29, 1.82) is 0 Å². The minimum Gasteiger partial charge on any atom is -0.378 e. The summed E-state index contributed by atoms with van der Waals surface area (Å²) < 4.78 is 5.06. The van der Waals surface area contributed by atoms with Crippen molar-refractivity contribution in [3.05, 3.63) is 30.2 Å². The van der Waals surface area contributed by atoms with Crippen LogP contribution in [0, 0.1) is 0 Å². The number of carbonyl (C=O) groups excluding carboxylic acids is 2. The molecule has 0 atom stereocenters. The fourth-order valence-electron chi connectivity index (χ4n) is 2.83. The van der Waals surface area contributed by atoms with Crippen molar-refractivity contribution in [1.82, 2.24) is 20.4 Å². The Morgan fingerprint density at radius 1 is 1.31 bits per heavy atom. The predicted molar refractivity (Wildman–Crippen MR) is 96.8 cm³/mol. The molecule has 0 radical (unpaired) electrons. The number of carbonyl (C=O) groups is 2. The van der Waals surface area contributed by atoms with Crippen molar-refractivity contribution in [2.75, 3.05) is 38.6 Å². The summed E-state index contributed by atoms with van der Waals surface area (Å²) in [4.78, 5) is 31.6. The summed E-state index contributed by atoms with van der Waals surface area (Å²) in [5, 5.41) is 6.62. The lowest BCUT2D eigenvalue weighted by Gasteiger charge is -2.14. The lowest BCUT2D eigenvalue weighted by molar-refractivity contribution is -0.127. The van der Waals surface area contributed by atoms with E-state index in [0.717, 1.165) is 24.2 Å². The van der Waals surface area contributed by atoms with Crippen molar-refractivity contribution in [3.63, 3.8) is 0 Å². The third-order valence-electron chi connectivity index (χ3n) is 4.32. The molecule has 0 saturated carbocycles. The molecule has 1 aromatic carbocycles. The van der Waals surface area contributed by atoms with Crippen molar-refractivity contribution >= 4 is 17.5 Å². The van der Waals surface area contributed by atoms with E-state index >= 15 is 0 Å². The zero-order valence-corrected chi connectivity index (χ0v) is 15.1. The van der Waals surface area contributed by atoms with Crippen LogP contribution in [0.1, 0.15) is 29.9 Å². The van der Waals surface area contributed by atoms with Gasteiger partial charge in [0.15, 0.2) is 0 Å². The smallest absolute Gasteiger partial charge is 0.316 e. The molecule has 0 unspecified atom stereocenters. The molecule has 2 aromatic rings. The number of amides is 2. The Morgan fingerprint density at radius 2 is 2.08 bits per heavy atom. The van der Waals surface area contributed by atoms with Crippen molar-refractivity contribution in [2.24, 2.45) is 0 Å². The molecular weight excluding hydrogens is 334 g/mol. The van der Waals surface area contributed by atoms with Crippen LogP contribution in [0.4, 0.5) is 5.69 Å². The van der Waals surface area contributed by atoms with E-state index in [4.69, 9.17) is 4.52 Å². The summed E-state index contributed by atoms with van der Waals surface area (Å²) in [5.74, 6) is 0.108. The second-order valence-electron chi connectivity index (χ2n) is 6.46. The highest BCUT2D eigenvalue weighted by molar-refractivity contribution is 5.89. The van der Waals surface area contributed by atoms with E-state index in [1.165, 1.54) is 0 Å². The number of anilines is 1. The molecule has 1 aromatic heterocycles. The van der Waals surface area contributed by atoms with Gasteiger partial charge < -0.3 is 19.6 Å². The maximum absolute atomic E-state index is 12.1. The van der Waals surface area contributed by atoms with E-state index in [2.05, 4.69) is 15.5 Å². The van der Waals surface area contributed by atoms with Gasteiger partial charge in [-0.3, -0.25) is 9.59 Å². The highest BCUT2D eigenvalue weighted by Crippen LogP contribution is 2.20. The lowest BCUT2D eigenvalue weighted by Crippen LogP contribution is -2.30. The summed E-state index contributed by atoms with van der Waals surface area (Å²) >= 11 is 0. The van der Waals surface area contributed by atoms with Gasteiger partial charge in [0, 0.05) is 51.4 Å². The van der Waals surface area contributed by atoms with Crippen LogP contribution >= 0.6 is 0 Å². The molecule has 3 rings (SSSR count). The molecular formula is C18H23N5O3. The van der Waals surface area contributed by atoms with Gasteiger partial charge in [0.05, 0.1) is 0 Å². The van der Waals surface area contributed by atoms with E-state index < -0.39 is 5.91 Å². The zero-order chi connectivity index (χ0) is 18.5. The van der Waals surface area contributed by atoms with Crippen LogP contribution < -0.4 is 10.2 Å². The zero-order valence-electron chi connectivity index (χ0n) is 15.1. The van der Waals surface area contributed by atoms with Gasteiger partial charge in [0.2, 0.25) is 11.7 Å². The SMILES string of the molecule is CN(C)c1ccc(-c2noc(C(=O)NCCCN3CCCC3=O)n2)cc1. The molecule has 1 aliphatic heterocycles. The Morgan fingerprint density at radius 3 is 2.73 bits per heavy atom. The quantitative estimate of drug-likeness (QED) is 0.756. The highest BCUT2D eigenvalue weighted by atomic mass is 16.5. The van der Waals surface area contributed by atoms with Crippen LogP contribution in [-0.4, -0.2) is 60.6 Å². The Bertz CT molecular complexity index is 769. The average molecular weight is 357 g/mol. The van der Waals surface area contributed by atoms with E-state index in [1.54, 1.807) is 0 Å². The maximum Gasteiger partial charge on any atom is 0.316 e. The molecule has 0 spiro atoms. The van der Waals surface area contributed by atoms with E-state index in [-0.39, 0.29) is 11.8 Å². The lowest BCUT2D eigenvalue weighted by atomic mass is 10.2. The summed E-state index contributed by atoms with van der Waals surface area (Å²) in [6, 6.07) is 7.67. The van der Waals surface area contributed by atoms with Crippen LogP contribution in [-0.2, 0) is 4.79 Å². The summed E-state index contributed by atoms with van der Waals surface area (Å²) in [7, 11) is 3.93. The van der Waals surface area contributed by atoms with Crippen LogP contribution in [0.3, 0.4) is 0 Å². The van der Waals surface area contributed by atoms with E-state index in [9.17, 15) is 9.59 Å². The van der Waals surface area contributed by atoms with Gasteiger partial charge in [-0.25, -0.2) is 0 Å². The molecule has 1 fully saturated rings. The van der Waals surface area contributed by atoms with Gasteiger partial charge in [-0.2, -0.15) is 4.98 Å². The Balaban J connectivity index is 1.50. The maximum atomic E-state index is 12.1. The number of hydrogen-bond acceptors (Lipinski definition) is 6. The summed E-state index contributed by atoms with van der Waals surface area (Å²) in [6.07, 6.45) is 2.25. The van der Waals surface area contributed by atoms with E-state index in [1.807, 2.05) is 48.2 Å². The number of aromatic nitrogens is 2. The molecule has 1 N–H and O–H groups in total. The number of hydrogen-bond donors (Lipinski definition) is 1. The second-order valence-corrected chi connectivity index (χ2v) is 6.46. The first-order chi connectivity index (χ1) is 12.5. The Kier molecular flexibility index (Phi) is 5.50. The molecule has 0 aliphatic carbocycles. The topological polar surface area (TPSA) is 91.6 Å². The molecule has 138 valence electrons. The van der Waals surface area contributed by atoms with Gasteiger partial charge in [0.1, 0.15) is 0 Å². The fraction of sp³-hybridized carbons (Fsp3) is 0.444. The number of benzene rings is 1. The normalized spacial score (nSPS) is 13.9. The third kappa shape index (κ3) is 4.19. The van der Waals surface area contributed by atoms with Crippen LogP contribution in [0.25, 0.3) is 11.4 Å². The first kappa shape index (κ1) is 17.9. The van der Waals surface area contributed by atoms with Crippen LogP contribution in [0.2, 0.25) is 0 Å². The number of likely N-dealkylation sites (tertiary alicyclic amines) is 1. The van der Waals surface area contributed by atoms with Gasteiger partial charge in [-0.15, -0.1) is 0 Å². The molecule has 1 saturated heterocycles. The molecule has 0 bridgehead atoms. The Labute approximate surface area is 152 Å². The van der Waals surface area contributed by atoms with Crippen LogP contribution in [0.15, 0.2) is 28.8 Å². The fourth-order valence-corrected chi connectivity index (χ4v) is 2.83. The standard InChI is InChI=1S/C18H23N5O3/c1-22(2)14-8-6-13(7-9-14)16-20-18(26-21-16)17(25)19-10-4-12-23-11-3-5-15(23)24/h6-9H,3-5,10-12H2,1-2H3,(H,19,25). The molecule has 8 nitrogen and oxygen atoms in total. The highest BCUT2D eigenvalue weighted by Gasteiger charge is 2.20. The predicted octanol–water partition coefficient (Wildman–Crippen LogP) is 1.54. The second kappa shape index (κ2) is 7.99. The van der Waals surface area contributed by atoms with Crippen molar-refractivity contribution in [3.8, 4) is 11.4 Å². The number of nitrogens with one attached hydrogen (secondary N) is 1. The number of rotatable bonds is 7. The van der Waals surface area contributed by atoms with Crippen LogP contribution in [0.5, 0.6) is 0 Å². The van der Waals surface area contributed by atoms with Gasteiger partial charge in [-0.1, -0.05) is 5.16 Å². The molecule has 1 aliphatic rings. The van der Waals surface area contributed by atoms with E-state index in [0.29, 0.717) is 31.8 Å². The largest absolute Gasteiger partial charge is 0.378 e. The van der Waals surface area contributed by atoms with Gasteiger partial charge >= 0.3 is 11.8 Å². The third-order valence-corrected chi connectivity index (χ3v) is 4.32. The first-order valence-electron chi connectivity index (χ1n) is 8.72. The van der Waals surface area contributed by atoms with Gasteiger partial charge in [0.25, 0.3) is 0 Å². The Hall–Kier alpha value is -2.90. The minimum atomic E-state index is -0.401.